The molecule has 0 spiro atoms. The summed E-state index contributed by atoms with van der Waals surface area (Å²) in [4.78, 5) is 19.1. The zero-order chi connectivity index (χ0) is 19.6. The van der Waals surface area contributed by atoms with E-state index in [2.05, 4.69) is 25.5 Å². The fraction of sp³-hybridized carbons (Fsp3) is 0.188. The van der Waals surface area contributed by atoms with Crippen molar-refractivity contribution in [1.29, 1.82) is 0 Å². The van der Waals surface area contributed by atoms with Crippen molar-refractivity contribution in [2.45, 2.75) is 24.0 Å². The van der Waals surface area contributed by atoms with E-state index in [9.17, 15) is 13.2 Å². The van der Waals surface area contributed by atoms with Crippen LogP contribution >= 0.6 is 0 Å². The summed E-state index contributed by atoms with van der Waals surface area (Å²) < 4.78 is 29.7. The second kappa shape index (κ2) is 7.11. The third kappa shape index (κ3) is 3.62. The van der Waals surface area contributed by atoms with Crippen molar-refractivity contribution >= 4 is 28.1 Å². The van der Waals surface area contributed by atoms with Crippen LogP contribution in [0.2, 0.25) is 0 Å². The topological polar surface area (TPSA) is 154 Å². The molecule has 0 saturated carbocycles. The first-order valence-corrected chi connectivity index (χ1v) is 9.38. The molecule has 0 unspecified atom stereocenters. The standard InChI is InChI=1S/C16H16N6O4S/c1-9(2)27(24,25)11-5-3-10(4-6-11)12-7-18-14(17)13(20-12)15-21-22-16(26-15)19-8-23/h3-9H,1-2H3,(H2,17,18)(H,19,22,23). The van der Waals surface area contributed by atoms with Crippen molar-refractivity contribution in [3.63, 3.8) is 0 Å². The normalized spacial score (nSPS) is 11.5. The molecule has 27 heavy (non-hydrogen) atoms. The second-order valence-electron chi connectivity index (χ2n) is 5.78. The summed E-state index contributed by atoms with van der Waals surface area (Å²) >= 11 is 0. The average molecular weight is 388 g/mol. The molecule has 3 rings (SSSR count). The molecule has 3 N–H and O–H groups in total. The van der Waals surface area contributed by atoms with Crippen LogP contribution in [0.1, 0.15) is 13.8 Å². The number of carbonyl (C=O) groups excluding carboxylic acids is 1. The lowest BCUT2D eigenvalue weighted by Gasteiger charge is -2.09. The Kier molecular flexibility index (Phi) is 4.86. The van der Waals surface area contributed by atoms with Crippen molar-refractivity contribution in [1.82, 2.24) is 20.2 Å². The molecule has 1 amide bonds. The molecule has 140 valence electrons. The maximum Gasteiger partial charge on any atom is 0.322 e. The Hall–Kier alpha value is -3.34. The fourth-order valence-corrected chi connectivity index (χ4v) is 3.27. The zero-order valence-electron chi connectivity index (χ0n) is 14.4. The first kappa shape index (κ1) is 18.5. The predicted octanol–water partition coefficient (Wildman–Crippen LogP) is 1.53. The van der Waals surface area contributed by atoms with Gasteiger partial charge in [0.05, 0.1) is 22.0 Å². The van der Waals surface area contributed by atoms with E-state index in [-0.39, 0.29) is 28.3 Å². The number of hydrogen-bond donors (Lipinski definition) is 2. The van der Waals surface area contributed by atoms with Crippen LogP contribution in [0, 0.1) is 0 Å². The molecule has 0 bridgehead atoms. The number of hydrogen-bond acceptors (Lipinski definition) is 9. The van der Waals surface area contributed by atoms with E-state index in [1.54, 1.807) is 26.0 Å². The summed E-state index contributed by atoms with van der Waals surface area (Å²) in [7, 11) is -3.36. The lowest BCUT2D eigenvalue weighted by atomic mass is 10.1. The quantitative estimate of drug-likeness (QED) is 0.598. The van der Waals surface area contributed by atoms with Gasteiger partial charge in [0.25, 0.3) is 5.89 Å². The van der Waals surface area contributed by atoms with Crippen molar-refractivity contribution in [3.8, 4) is 22.8 Å². The van der Waals surface area contributed by atoms with Crippen LogP contribution in [-0.4, -0.2) is 40.2 Å². The van der Waals surface area contributed by atoms with Gasteiger partial charge in [-0.25, -0.2) is 18.4 Å². The lowest BCUT2D eigenvalue weighted by Crippen LogP contribution is -2.13. The van der Waals surface area contributed by atoms with Gasteiger partial charge in [-0.05, 0) is 26.0 Å². The second-order valence-corrected chi connectivity index (χ2v) is 8.29. The van der Waals surface area contributed by atoms with Gasteiger partial charge >= 0.3 is 6.01 Å². The minimum absolute atomic E-state index is 0.00907. The summed E-state index contributed by atoms with van der Waals surface area (Å²) in [5.74, 6) is 0.0595. The molecule has 1 aromatic carbocycles. The van der Waals surface area contributed by atoms with Crippen LogP contribution < -0.4 is 11.1 Å². The largest absolute Gasteiger partial charge is 0.401 e. The minimum atomic E-state index is -3.36. The smallest absolute Gasteiger partial charge is 0.322 e. The highest BCUT2D eigenvalue weighted by molar-refractivity contribution is 7.92. The third-order valence-corrected chi connectivity index (χ3v) is 5.88. The van der Waals surface area contributed by atoms with Gasteiger partial charge in [0.1, 0.15) is 0 Å². The summed E-state index contributed by atoms with van der Waals surface area (Å²) in [6.07, 6.45) is 1.85. The van der Waals surface area contributed by atoms with Crippen LogP contribution in [-0.2, 0) is 14.6 Å². The summed E-state index contributed by atoms with van der Waals surface area (Å²) in [6, 6.07) is 6.19. The SMILES string of the molecule is CC(C)S(=O)(=O)c1ccc(-c2cnc(N)c(-c3nnc(NC=O)o3)n2)cc1. The predicted molar refractivity (Wildman–Crippen MR) is 97.2 cm³/mol. The number of aromatic nitrogens is 4. The van der Waals surface area contributed by atoms with Crippen molar-refractivity contribution in [2.75, 3.05) is 11.1 Å². The zero-order valence-corrected chi connectivity index (χ0v) is 15.3. The first-order valence-electron chi connectivity index (χ1n) is 7.84. The molecule has 0 aliphatic carbocycles. The van der Waals surface area contributed by atoms with Crippen molar-refractivity contribution < 1.29 is 17.6 Å². The maximum absolute atomic E-state index is 12.2. The van der Waals surface area contributed by atoms with Gasteiger partial charge in [-0.3, -0.25) is 10.1 Å². The number of amides is 1. The number of rotatable bonds is 6. The Morgan fingerprint density at radius 1 is 1.19 bits per heavy atom. The molecule has 0 atom stereocenters. The van der Waals surface area contributed by atoms with Gasteiger partial charge in [0.2, 0.25) is 6.41 Å². The van der Waals surface area contributed by atoms with E-state index in [4.69, 9.17) is 10.2 Å². The number of nitrogens with zero attached hydrogens (tertiary/aromatic N) is 4. The molecule has 3 aromatic rings. The van der Waals surface area contributed by atoms with Crippen molar-refractivity contribution in [3.05, 3.63) is 30.5 Å². The van der Waals surface area contributed by atoms with Crippen LogP contribution in [0.25, 0.3) is 22.8 Å². The summed E-state index contributed by atoms with van der Waals surface area (Å²) in [5, 5.41) is 9.11. The summed E-state index contributed by atoms with van der Waals surface area (Å²) in [5.41, 5.74) is 7.05. The van der Waals surface area contributed by atoms with Gasteiger partial charge < -0.3 is 10.2 Å². The van der Waals surface area contributed by atoms with Gasteiger partial charge in [-0.15, -0.1) is 5.10 Å². The minimum Gasteiger partial charge on any atom is -0.401 e. The van der Waals surface area contributed by atoms with E-state index < -0.39 is 15.1 Å². The van der Waals surface area contributed by atoms with Gasteiger partial charge in [-0.2, -0.15) is 0 Å². The van der Waals surface area contributed by atoms with E-state index >= 15 is 0 Å². The Morgan fingerprint density at radius 2 is 1.89 bits per heavy atom. The highest BCUT2D eigenvalue weighted by Crippen LogP contribution is 2.27. The number of benzene rings is 1. The Labute approximate surface area is 154 Å². The third-order valence-electron chi connectivity index (χ3n) is 3.71. The van der Waals surface area contributed by atoms with Crippen LogP contribution in [0.4, 0.5) is 11.8 Å². The molecule has 0 radical (unpaired) electrons. The molecule has 2 aromatic heterocycles. The van der Waals surface area contributed by atoms with Gasteiger partial charge in [0, 0.05) is 5.56 Å². The fourth-order valence-electron chi connectivity index (χ4n) is 2.21. The Morgan fingerprint density at radius 3 is 2.52 bits per heavy atom. The van der Waals surface area contributed by atoms with E-state index in [1.807, 2.05) is 0 Å². The number of sulfone groups is 1. The molecular weight excluding hydrogens is 372 g/mol. The number of anilines is 2. The Bertz CT molecular complexity index is 1080. The number of carbonyl (C=O) groups is 1. The highest BCUT2D eigenvalue weighted by Gasteiger charge is 2.20. The van der Waals surface area contributed by atoms with E-state index in [0.29, 0.717) is 17.7 Å². The molecule has 10 nitrogen and oxygen atoms in total. The molecule has 11 heteroatoms. The molecule has 2 heterocycles. The molecule has 0 saturated heterocycles. The highest BCUT2D eigenvalue weighted by atomic mass is 32.2. The van der Waals surface area contributed by atoms with Crippen LogP contribution in [0.15, 0.2) is 39.8 Å². The van der Waals surface area contributed by atoms with Crippen LogP contribution in [0.3, 0.4) is 0 Å². The maximum atomic E-state index is 12.2. The first-order chi connectivity index (χ1) is 12.8. The Balaban J connectivity index is 1.97. The van der Waals surface area contributed by atoms with Gasteiger partial charge in [0.15, 0.2) is 21.3 Å². The van der Waals surface area contributed by atoms with Gasteiger partial charge in [-0.1, -0.05) is 17.2 Å². The summed E-state index contributed by atoms with van der Waals surface area (Å²) in [6.45, 7) is 3.25. The van der Waals surface area contributed by atoms with E-state index in [1.165, 1.54) is 18.3 Å². The van der Waals surface area contributed by atoms with E-state index in [0.717, 1.165) is 0 Å². The molecule has 0 aliphatic rings. The molecular formula is C16H16N6O4S. The number of nitrogen functional groups attached to an aromatic ring is 1. The monoisotopic (exact) mass is 388 g/mol. The number of nitrogens with two attached hydrogens (primary N) is 1. The average Bonchev–Trinajstić information content (AvgIpc) is 3.11. The molecule has 0 aliphatic heterocycles. The van der Waals surface area contributed by atoms with Crippen LogP contribution in [0.5, 0.6) is 0 Å². The molecule has 0 fully saturated rings. The van der Waals surface area contributed by atoms with Crippen molar-refractivity contribution in [2.24, 2.45) is 0 Å². The lowest BCUT2D eigenvalue weighted by molar-refractivity contribution is -0.105. The number of nitrogens with one attached hydrogen (secondary N) is 1.